The average molecular weight is 398 g/mol. The second kappa shape index (κ2) is 7.55. The van der Waals surface area contributed by atoms with Crippen molar-refractivity contribution in [3.63, 3.8) is 0 Å². The van der Waals surface area contributed by atoms with E-state index in [1.54, 1.807) is 31.1 Å². The standard InChI is InChI=1S/C19H19FN6O3/c1-12-7-8-26(14-5-3-13(20)4-6-14)19(28)16(12)18(27)25-9-10-29-15(11-25)17-21-22-23-24(17)2/h3-8,15H,9-11H2,1-2H3. The van der Waals surface area contributed by atoms with E-state index in [0.717, 1.165) is 0 Å². The predicted octanol–water partition coefficient (Wildman–Crippen LogP) is 1.02. The van der Waals surface area contributed by atoms with Gasteiger partial charge in [0.2, 0.25) is 0 Å². The third kappa shape index (κ3) is 3.54. The number of carbonyl (C=O) groups is 1. The molecule has 9 nitrogen and oxygen atoms in total. The zero-order valence-corrected chi connectivity index (χ0v) is 15.9. The molecule has 10 heteroatoms. The maximum Gasteiger partial charge on any atom is 0.268 e. The van der Waals surface area contributed by atoms with Crippen molar-refractivity contribution in [2.45, 2.75) is 13.0 Å². The zero-order valence-electron chi connectivity index (χ0n) is 15.9. The zero-order chi connectivity index (χ0) is 20.5. The molecular weight excluding hydrogens is 379 g/mol. The van der Waals surface area contributed by atoms with Gasteiger partial charge in [0.25, 0.3) is 11.5 Å². The fourth-order valence-electron chi connectivity index (χ4n) is 3.35. The number of carbonyl (C=O) groups excluding carboxylic acids is 1. The Morgan fingerprint density at radius 2 is 2.00 bits per heavy atom. The number of hydrogen-bond donors (Lipinski definition) is 0. The first-order valence-electron chi connectivity index (χ1n) is 9.07. The summed E-state index contributed by atoms with van der Waals surface area (Å²) in [5, 5.41) is 11.3. The topological polar surface area (TPSA) is 95.1 Å². The van der Waals surface area contributed by atoms with E-state index in [0.29, 0.717) is 30.2 Å². The lowest BCUT2D eigenvalue weighted by molar-refractivity contribution is -0.0285. The van der Waals surface area contributed by atoms with Crippen LogP contribution in [-0.2, 0) is 11.8 Å². The van der Waals surface area contributed by atoms with E-state index in [1.165, 1.54) is 33.5 Å². The Morgan fingerprint density at radius 1 is 1.24 bits per heavy atom. The van der Waals surface area contributed by atoms with Crippen LogP contribution in [0.15, 0.2) is 41.3 Å². The van der Waals surface area contributed by atoms with E-state index in [2.05, 4.69) is 15.5 Å². The van der Waals surface area contributed by atoms with Crippen molar-refractivity contribution < 1.29 is 13.9 Å². The molecule has 2 aromatic heterocycles. The number of morpholine rings is 1. The number of nitrogens with zero attached hydrogens (tertiary/aromatic N) is 6. The number of aromatic nitrogens is 5. The maximum absolute atomic E-state index is 13.2. The van der Waals surface area contributed by atoms with Crippen molar-refractivity contribution in [1.82, 2.24) is 29.7 Å². The monoisotopic (exact) mass is 398 g/mol. The van der Waals surface area contributed by atoms with Crippen LogP contribution in [0.3, 0.4) is 0 Å². The summed E-state index contributed by atoms with van der Waals surface area (Å²) in [5.41, 5.74) is 0.677. The Kier molecular flexibility index (Phi) is 4.93. The highest BCUT2D eigenvalue weighted by molar-refractivity contribution is 5.95. The molecule has 0 saturated carbocycles. The molecular formula is C19H19FN6O3. The third-order valence-electron chi connectivity index (χ3n) is 4.91. The van der Waals surface area contributed by atoms with Gasteiger partial charge in [-0.1, -0.05) is 0 Å². The van der Waals surface area contributed by atoms with Gasteiger partial charge in [0.1, 0.15) is 17.5 Å². The molecule has 1 aliphatic rings. The summed E-state index contributed by atoms with van der Waals surface area (Å²) < 4.78 is 21.8. The molecule has 29 heavy (non-hydrogen) atoms. The van der Waals surface area contributed by atoms with Gasteiger partial charge in [0.15, 0.2) is 5.82 Å². The van der Waals surface area contributed by atoms with E-state index in [4.69, 9.17) is 4.74 Å². The summed E-state index contributed by atoms with van der Waals surface area (Å²) in [4.78, 5) is 27.9. The number of aryl methyl sites for hydroxylation is 2. The van der Waals surface area contributed by atoms with Gasteiger partial charge in [-0.25, -0.2) is 9.07 Å². The fraction of sp³-hybridized carbons (Fsp3) is 0.316. The fourth-order valence-corrected chi connectivity index (χ4v) is 3.35. The normalized spacial score (nSPS) is 16.8. The molecule has 3 aromatic rings. The van der Waals surface area contributed by atoms with Crippen LogP contribution in [0, 0.1) is 12.7 Å². The molecule has 1 aromatic carbocycles. The van der Waals surface area contributed by atoms with Crippen molar-refractivity contribution in [2.75, 3.05) is 19.7 Å². The van der Waals surface area contributed by atoms with Crippen molar-refractivity contribution in [2.24, 2.45) is 7.05 Å². The molecule has 0 bridgehead atoms. The summed E-state index contributed by atoms with van der Waals surface area (Å²) in [6.45, 7) is 2.61. The van der Waals surface area contributed by atoms with Crippen LogP contribution in [-0.4, -0.2) is 55.3 Å². The van der Waals surface area contributed by atoms with E-state index in [1.807, 2.05) is 0 Å². The molecule has 150 valence electrons. The quantitative estimate of drug-likeness (QED) is 0.654. The van der Waals surface area contributed by atoms with Crippen LogP contribution in [0.1, 0.15) is 27.8 Å². The lowest BCUT2D eigenvalue weighted by atomic mass is 10.1. The smallest absolute Gasteiger partial charge is 0.268 e. The highest BCUT2D eigenvalue weighted by Gasteiger charge is 2.31. The molecule has 0 radical (unpaired) electrons. The van der Waals surface area contributed by atoms with E-state index < -0.39 is 17.5 Å². The highest BCUT2D eigenvalue weighted by Crippen LogP contribution is 2.21. The highest BCUT2D eigenvalue weighted by atomic mass is 19.1. The number of halogens is 1. The van der Waals surface area contributed by atoms with Crippen molar-refractivity contribution in [3.8, 4) is 5.69 Å². The molecule has 3 heterocycles. The number of pyridine rings is 1. The third-order valence-corrected chi connectivity index (χ3v) is 4.91. The van der Waals surface area contributed by atoms with Gasteiger partial charge in [0.05, 0.1) is 13.2 Å². The molecule has 0 spiro atoms. The van der Waals surface area contributed by atoms with Gasteiger partial charge in [-0.15, -0.1) is 5.10 Å². The summed E-state index contributed by atoms with van der Waals surface area (Å²) in [6, 6.07) is 7.22. The summed E-state index contributed by atoms with van der Waals surface area (Å²) in [5.74, 6) is -0.272. The second-order valence-electron chi connectivity index (χ2n) is 6.80. The number of hydrogen-bond acceptors (Lipinski definition) is 6. The first-order chi connectivity index (χ1) is 14.0. The SMILES string of the molecule is Cc1ccn(-c2ccc(F)cc2)c(=O)c1C(=O)N1CCOC(c2nnnn2C)C1. The van der Waals surface area contributed by atoms with Gasteiger partial charge in [-0.05, 0) is 53.2 Å². The number of amides is 1. The van der Waals surface area contributed by atoms with Crippen LogP contribution in [0.5, 0.6) is 0 Å². The van der Waals surface area contributed by atoms with E-state index in [-0.39, 0.29) is 18.0 Å². The van der Waals surface area contributed by atoms with Crippen LogP contribution in [0.25, 0.3) is 5.69 Å². The Bertz CT molecular complexity index is 1110. The van der Waals surface area contributed by atoms with Crippen LogP contribution in [0.4, 0.5) is 4.39 Å². The molecule has 0 aliphatic carbocycles. The Labute approximate surface area is 165 Å². The molecule has 4 rings (SSSR count). The second-order valence-corrected chi connectivity index (χ2v) is 6.80. The van der Waals surface area contributed by atoms with Crippen LogP contribution in [0.2, 0.25) is 0 Å². The minimum absolute atomic E-state index is 0.0774. The minimum Gasteiger partial charge on any atom is -0.366 e. The van der Waals surface area contributed by atoms with Gasteiger partial charge >= 0.3 is 0 Å². The number of benzene rings is 1. The molecule has 1 aliphatic heterocycles. The number of ether oxygens (including phenoxy) is 1. The van der Waals surface area contributed by atoms with E-state index in [9.17, 15) is 14.0 Å². The summed E-state index contributed by atoms with van der Waals surface area (Å²) in [7, 11) is 1.70. The summed E-state index contributed by atoms with van der Waals surface area (Å²) in [6.07, 6.45) is 1.10. The summed E-state index contributed by atoms with van der Waals surface area (Å²) >= 11 is 0. The Balaban J connectivity index is 1.66. The Morgan fingerprint density at radius 3 is 2.69 bits per heavy atom. The predicted molar refractivity (Wildman–Crippen MR) is 100 cm³/mol. The van der Waals surface area contributed by atoms with Gasteiger partial charge < -0.3 is 9.64 Å². The van der Waals surface area contributed by atoms with Crippen molar-refractivity contribution in [1.29, 1.82) is 0 Å². The largest absolute Gasteiger partial charge is 0.366 e. The van der Waals surface area contributed by atoms with Crippen LogP contribution >= 0.6 is 0 Å². The van der Waals surface area contributed by atoms with Crippen molar-refractivity contribution >= 4 is 5.91 Å². The number of tetrazole rings is 1. The lowest BCUT2D eigenvalue weighted by Gasteiger charge is -2.32. The van der Waals surface area contributed by atoms with Gasteiger partial charge in [-0.2, -0.15) is 0 Å². The van der Waals surface area contributed by atoms with Gasteiger partial charge in [0, 0.05) is 25.5 Å². The van der Waals surface area contributed by atoms with Gasteiger partial charge in [-0.3, -0.25) is 14.2 Å². The lowest BCUT2D eigenvalue weighted by Crippen LogP contribution is -2.45. The van der Waals surface area contributed by atoms with Crippen molar-refractivity contribution in [3.05, 3.63) is 69.7 Å². The van der Waals surface area contributed by atoms with Crippen LogP contribution < -0.4 is 5.56 Å². The first-order valence-corrected chi connectivity index (χ1v) is 9.07. The molecule has 1 fully saturated rings. The minimum atomic E-state index is -0.476. The Hall–Kier alpha value is -3.40. The van der Waals surface area contributed by atoms with E-state index >= 15 is 0 Å². The molecule has 1 unspecified atom stereocenters. The first kappa shape index (κ1) is 18.9. The molecule has 1 atom stereocenters. The molecule has 0 N–H and O–H groups in total. The average Bonchev–Trinajstić information content (AvgIpc) is 3.15. The molecule has 1 amide bonds. The number of rotatable bonds is 3. The molecule has 1 saturated heterocycles. The maximum atomic E-state index is 13.2.